The van der Waals surface area contributed by atoms with E-state index < -0.39 is 19.9 Å². The molecule has 0 N–H and O–H groups in total. The lowest BCUT2D eigenvalue weighted by Gasteiger charge is -2.18. The molecular weight excluding hydrogens is 412 g/mol. The van der Waals surface area contributed by atoms with E-state index in [2.05, 4.69) is 4.90 Å². The van der Waals surface area contributed by atoms with Crippen molar-refractivity contribution in [3.63, 3.8) is 0 Å². The monoisotopic (exact) mass is 440 g/mol. The first-order valence-corrected chi connectivity index (χ1v) is 12.5. The molecule has 0 saturated heterocycles. The van der Waals surface area contributed by atoms with Gasteiger partial charge in [0.1, 0.15) is 5.75 Å². The molecule has 0 radical (unpaired) electrons. The predicted molar refractivity (Wildman–Crippen MR) is 113 cm³/mol. The maximum atomic E-state index is 12.3. The van der Waals surface area contributed by atoms with Gasteiger partial charge in [-0.3, -0.25) is 0 Å². The maximum absolute atomic E-state index is 12.3. The Morgan fingerprint density at radius 1 is 0.897 bits per heavy atom. The minimum atomic E-state index is -3.45. The van der Waals surface area contributed by atoms with Crippen LogP contribution in [0.2, 0.25) is 0 Å². The number of sulfonamides is 1. The van der Waals surface area contributed by atoms with Gasteiger partial charge in [-0.25, -0.2) is 21.1 Å². The van der Waals surface area contributed by atoms with E-state index in [-0.39, 0.29) is 9.79 Å². The van der Waals surface area contributed by atoms with Crippen molar-refractivity contribution in [2.45, 2.75) is 22.8 Å². The summed E-state index contributed by atoms with van der Waals surface area (Å²) in [5, 5.41) is 0. The molecule has 0 spiro atoms. The first-order chi connectivity index (χ1) is 13.5. The molecule has 0 heterocycles. The molecule has 0 aliphatic rings. The summed E-state index contributed by atoms with van der Waals surface area (Å²) >= 11 is 0. The summed E-state index contributed by atoms with van der Waals surface area (Å²) in [6.45, 7) is 1.81. The molecule has 0 fully saturated rings. The van der Waals surface area contributed by atoms with Crippen LogP contribution in [-0.2, 0) is 26.4 Å². The Kier molecular flexibility index (Phi) is 7.81. The van der Waals surface area contributed by atoms with Gasteiger partial charge in [0.25, 0.3) is 0 Å². The third-order valence-electron chi connectivity index (χ3n) is 4.32. The van der Waals surface area contributed by atoms with Crippen LogP contribution in [0.15, 0.2) is 58.3 Å². The number of sulfone groups is 1. The van der Waals surface area contributed by atoms with E-state index in [1.807, 2.05) is 13.1 Å². The van der Waals surface area contributed by atoms with Crippen LogP contribution < -0.4 is 4.74 Å². The highest BCUT2D eigenvalue weighted by Gasteiger charge is 2.17. The Bertz CT molecular complexity index is 1030. The van der Waals surface area contributed by atoms with Crippen molar-refractivity contribution in [2.75, 3.05) is 40.6 Å². The molecule has 0 amide bonds. The minimum Gasteiger partial charge on any atom is -0.494 e. The normalized spacial score (nSPS) is 12.5. The van der Waals surface area contributed by atoms with Crippen LogP contribution in [0.5, 0.6) is 5.75 Å². The summed E-state index contributed by atoms with van der Waals surface area (Å²) in [7, 11) is -1.72. The third-order valence-corrected chi connectivity index (χ3v) is 7.24. The van der Waals surface area contributed by atoms with Crippen LogP contribution in [0.4, 0.5) is 0 Å². The average Bonchev–Trinajstić information content (AvgIpc) is 2.65. The molecule has 2 rings (SSSR count). The topological polar surface area (TPSA) is 84.0 Å². The van der Waals surface area contributed by atoms with Gasteiger partial charge in [-0.05, 0) is 49.4 Å². The number of benzene rings is 2. The van der Waals surface area contributed by atoms with E-state index in [1.54, 1.807) is 36.4 Å². The zero-order valence-corrected chi connectivity index (χ0v) is 18.8. The summed E-state index contributed by atoms with van der Waals surface area (Å²) in [4.78, 5) is 2.60. The molecule has 2 aromatic carbocycles. The Morgan fingerprint density at radius 2 is 1.55 bits per heavy atom. The fourth-order valence-corrected chi connectivity index (χ4v) is 4.35. The Balaban J connectivity index is 1.86. The van der Waals surface area contributed by atoms with Gasteiger partial charge < -0.3 is 9.64 Å². The Morgan fingerprint density at radius 3 is 2.21 bits per heavy atom. The van der Waals surface area contributed by atoms with Crippen LogP contribution >= 0.6 is 0 Å². The Labute approximate surface area is 173 Å². The second kappa shape index (κ2) is 9.71. The molecule has 0 aromatic heterocycles. The van der Waals surface area contributed by atoms with Gasteiger partial charge in [0.05, 0.1) is 16.4 Å². The first kappa shape index (κ1) is 23.3. The van der Waals surface area contributed by atoms with E-state index in [0.717, 1.165) is 18.5 Å². The predicted octanol–water partition coefficient (Wildman–Crippen LogP) is 2.24. The molecule has 0 aliphatic carbocycles. The Hall–Kier alpha value is -1.94. The molecule has 0 saturated carbocycles. The van der Waals surface area contributed by atoms with E-state index in [1.165, 1.54) is 30.7 Å². The van der Waals surface area contributed by atoms with Crippen molar-refractivity contribution in [1.82, 2.24) is 9.21 Å². The van der Waals surface area contributed by atoms with E-state index in [0.29, 0.717) is 18.9 Å². The second-order valence-electron chi connectivity index (χ2n) is 7.12. The van der Waals surface area contributed by atoms with Crippen molar-refractivity contribution in [2.24, 2.45) is 0 Å². The summed E-state index contributed by atoms with van der Waals surface area (Å²) < 4.78 is 54.6. The number of hydrogen-bond donors (Lipinski definition) is 0. The van der Waals surface area contributed by atoms with Gasteiger partial charge in [-0.15, -0.1) is 0 Å². The van der Waals surface area contributed by atoms with Crippen LogP contribution in [0, 0.1) is 0 Å². The lowest BCUT2D eigenvalue weighted by Crippen LogP contribution is -2.23. The molecule has 2 aromatic rings. The molecular formula is C20H28N2O5S2. The highest BCUT2D eigenvalue weighted by Crippen LogP contribution is 2.18. The molecule has 0 atom stereocenters. The summed E-state index contributed by atoms with van der Waals surface area (Å²) in [6.07, 6.45) is 1.91. The molecule has 160 valence electrons. The molecule has 0 unspecified atom stereocenters. The highest BCUT2D eigenvalue weighted by molar-refractivity contribution is 7.90. The third kappa shape index (κ3) is 6.81. The van der Waals surface area contributed by atoms with E-state index >= 15 is 0 Å². The van der Waals surface area contributed by atoms with Gasteiger partial charge in [0.2, 0.25) is 10.0 Å². The van der Waals surface area contributed by atoms with Gasteiger partial charge >= 0.3 is 0 Å². The van der Waals surface area contributed by atoms with Crippen molar-refractivity contribution in [3.8, 4) is 5.75 Å². The number of rotatable bonds is 10. The SMILES string of the molecule is CN(CCCOc1cccc(S(C)(=O)=O)c1)Cc1cccc(S(=O)(=O)N(C)C)c1. The fourth-order valence-electron chi connectivity index (χ4n) is 2.72. The van der Waals surface area contributed by atoms with Crippen LogP contribution in [0.3, 0.4) is 0 Å². The summed E-state index contributed by atoms with van der Waals surface area (Å²) in [5.74, 6) is 0.525. The molecule has 0 aliphatic heterocycles. The van der Waals surface area contributed by atoms with Gasteiger partial charge in [-0.2, -0.15) is 0 Å². The maximum Gasteiger partial charge on any atom is 0.242 e. The zero-order valence-electron chi connectivity index (χ0n) is 17.2. The van der Waals surface area contributed by atoms with Crippen LogP contribution in [0.1, 0.15) is 12.0 Å². The standard InChI is InChI=1S/C20H28N2O5S2/c1-21(2)29(25,26)20-11-5-8-17(14-20)16-22(3)12-7-13-27-18-9-6-10-19(15-18)28(4,23)24/h5-6,8-11,14-15H,7,12-13,16H2,1-4H3. The largest absolute Gasteiger partial charge is 0.494 e. The molecule has 0 bridgehead atoms. The second-order valence-corrected chi connectivity index (χ2v) is 11.3. The molecule has 29 heavy (non-hydrogen) atoms. The van der Waals surface area contributed by atoms with Crippen molar-refractivity contribution >= 4 is 19.9 Å². The summed E-state index contributed by atoms with van der Waals surface area (Å²) in [6, 6.07) is 13.4. The van der Waals surface area contributed by atoms with Crippen molar-refractivity contribution in [1.29, 1.82) is 0 Å². The summed E-state index contributed by atoms with van der Waals surface area (Å²) in [5.41, 5.74) is 0.914. The smallest absolute Gasteiger partial charge is 0.242 e. The van der Waals surface area contributed by atoms with Gasteiger partial charge in [-0.1, -0.05) is 18.2 Å². The van der Waals surface area contributed by atoms with Gasteiger partial charge in [0, 0.05) is 33.4 Å². The number of nitrogens with zero attached hydrogens (tertiary/aromatic N) is 2. The van der Waals surface area contributed by atoms with E-state index in [4.69, 9.17) is 4.74 Å². The van der Waals surface area contributed by atoms with Crippen molar-refractivity contribution < 1.29 is 21.6 Å². The van der Waals surface area contributed by atoms with Crippen molar-refractivity contribution in [3.05, 3.63) is 54.1 Å². The first-order valence-electron chi connectivity index (χ1n) is 9.13. The highest BCUT2D eigenvalue weighted by atomic mass is 32.2. The fraction of sp³-hybridized carbons (Fsp3) is 0.400. The van der Waals surface area contributed by atoms with Gasteiger partial charge in [0.15, 0.2) is 9.84 Å². The minimum absolute atomic E-state index is 0.236. The van der Waals surface area contributed by atoms with Crippen LogP contribution in [-0.4, -0.2) is 66.6 Å². The van der Waals surface area contributed by atoms with Crippen LogP contribution in [0.25, 0.3) is 0 Å². The lowest BCUT2D eigenvalue weighted by molar-refractivity contribution is 0.258. The number of hydrogen-bond acceptors (Lipinski definition) is 6. The lowest BCUT2D eigenvalue weighted by atomic mass is 10.2. The zero-order chi connectivity index (χ0) is 21.7. The molecule has 7 nitrogen and oxygen atoms in total. The average molecular weight is 441 g/mol. The number of ether oxygens (including phenoxy) is 1. The van der Waals surface area contributed by atoms with E-state index in [9.17, 15) is 16.8 Å². The quantitative estimate of drug-likeness (QED) is 0.527. The molecule has 9 heteroatoms.